The number of furan rings is 1. The standard InChI is InChI=1S/C15H19N3O2/c1-3-18(4-2)15(19)14-10-12(7-8-16-14)17-11-13-6-5-9-20-13/h5-10H,3-4,11H2,1-2H3,(H,16,17). The highest BCUT2D eigenvalue weighted by Crippen LogP contribution is 2.12. The summed E-state index contributed by atoms with van der Waals surface area (Å²) in [5.41, 5.74) is 1.31. The number of hydrogen-bond donors (Lipinski definition) is 1. The van der Waals surface area contributed by atoms with Gasteiger partial charge < -0.3 is 14.6 Å². The van der Waals surface area contributed by atoms with Crippen LogP contribution in [0.2, 0.25) is 0 Å². The van der Waals surface area contributed by atoms with Crippen LogP contribution in [-0.2, 0) is 6.54 Å². The first kappa shape index (κ1) is 14.1. The van der Waals surface area contributed by atoms with Gasteiger partial charge in [0.05, 0.1) is 12.8 Å². The third-order valence-corrected chi connectivity index (χ3v) is 3.08. The SMILES string of the molecule is CCN(CC)C(=O)c1cc(NCc2ccco2)ccn1. The van der Waals surface area contributed by atoms with Crippen LogP contribution in [0.25, 0.3) is 0 Å². The normalized spacial score (nSPS) is 10.3. The molecule has 106 valence electrons. The molecule has 0 unspecified atom stereocenters. The van der Waals surface area contributed by atoms with E-state index < -0.39 is 0 Å². The van der Waals surface area contributed by atoms with Gasteiger partial charge in [-0.3, -0.25) is 9.78 Å². The maximum Gasteiger partial charge on any atom is 0.272 e. The molecular weight excluding hydrogens is 254 g/mol. The van der Waals surface area contributed by atoms with Gasteiger partial charge in [0, 0.05) is 25.0 Å². The molecule has 0 saturated heterocycles. The summed E-state index contributed by atoms with van der Waals surface area (Å²) in [6.45, 7) is 5.86. The minimum Gasteiger partial charge on any atom is -0.467 e. The van der Waals surface area contributed by atoms with Crippen molar-refractivity contribution in [2.45, 2.75) is 20.4 Å². The highest BCUT2D eigenvalue weighted by atomic mass is 16.3. The second-order valence-corrected chi connectivity index (χ2v) is 4.34. The van der Waals surface area contributed by atoms with Crippen LogP contribution in [0.3, 0.4) is 0 Å². The van der Waals surface area contributed by atoms with Gasteiger partial charge in [0.1, 0.15) is 11.5 Å². The lowest BCUT2D eigenvalue weighted by atomic mass is 10.2. The first-order valence-corrected chi connectivity index (χ1v) is 6.76. The summed E-state index contributed by atoms with van der Waals surface area (Å²) in [7, 11) is 0. The van der Waals surface area contributed by atoms with Gasteiger partial charge in [-0.1, -0.05) is 0 Å². The van der Waals surface area contributed by atoms with Gasteiger partial charge in [-0.05, 0) is 38.1 Å². The van der Waals surface area contributed by atoms with Crippen LogP contribution < -0.4 is 5.32 Å². The molecule has 0 radical (unpaired) electrons. The Labute approximate surface area is 118 Å². The molecule has 0 aliphatic heterocycles. The number of rotatable bonds is 6. The van der Waals surface area contributed by atoms with Crippen molar-refractivity contribution in [1.82, 2.24) is 9.88 Å². The Balaban J connectivity index is 2.05. The van der Waals surface area contributed by atoms with Crippen molar-refractivity contribution in [3.63, 3.8) is 0 Å². The number of hydrogen-bond acceptors (Lipinski definition) is 4. The summed E-state index contributed by atoms with van der Waals surface area (Å²) in [6.07, 6.45) is 3.28. The Kier molecular flexibility index (Phi) is 4.76. The molecule has 0 aromatic carbocycles. The molecule has 2 aromatic heterocycles. The van der Waals surface area contributed by atoms with Crippen molar-refractivity contribution >= 4 is 11.6 Å². The van der Waals surface area contributed by atoms with Crippen LogP contribution in [0.15, 0.2) is 41.1 Å². The second kappa shape index (κ2) is 6.75. The average molecular weight is 273 g/mol. The van der Waals surface area contributed by atoms with E-state index in [1.54, 1.807) is 23.4 Å². The van der Waals surface area contributed by atoms with Crippen LogP contribution in [0.1, 0.15) is 30.1 Å². The third kappa shape index (κ3) is 3.38. The molecule has 0 saturated carbocycles. The Bertz CT molecular complexity index is 548. The molecule has 0 spiro atoms. The Hall–Kier alpha value is -2.30. The number of nitrogens with zero attached hydrogens (tertiary/aromatic N) is 2. The zero-order valence-corrected chi connectivity index (χ0v) is 11.8. The van der Waals surface area contributed by atoms with E-state index in [-0.39, 0.29) is 5.91 Å². The van der Waals surface area contributed by atoms with Crippen LogP contribution >= 0.6 is 0 Å². The zero-order valence-electron chi connectivity index (χ0n) is 11.8. The molecule has 2 aromatic rings. The number of pyridine rings is 1. The van der Waals surface area contributed by atoms with E-state index in [1.807, 2.05) is 32.0 Å². The fraction of sp³-hybridized carbons (Fsp3) is 0.333. The Morgan fingerprint density at radius 2 is 2.15 bits per heavy atom. The van der Waals surface area contributed by atoms with Gasteiger partial charge in [-0.15, -0.1) is 0 Å². The fourth-order valence-electron chi connectivity index (χ4n) is 1.93. The smallest absolute Gasteiger partial charge is 0.272 e. The topological polar surface area (TPSA) is 58.4 Å². The van der Waals surface area contributed by atoms with Crippen molar-refractivity contribution in [3.05, 3.63) is 48.2 Å². The molecular formula is C15H19N3O2. The number of amides is 1. The molecule has 5 nitrogen and oxygen atoms in total. The quantitative estimate of drug-likeness (QED) is 0.879. The summed E-state index contributed by atoms with van der Waals surface area (Å²) in [4.78, 5) is 18.1. The molecule has 0 fully saturated rings. The predicted octanol–water partition coefficient (Wildman–Crippen LogP) is 2.77. The third-order valence-electron chi connectivity index (χ3n) is 3.08. The van der Waals surface area contributed by atoms with E-state index in [1.165, 1.54) is 0 Å². The number of anilines is 1. The largest absolute Gasteiger partial charge is 0.467 e. The minimum atomic E-state index is -0.0448. The molecule has 1 N–H and O–H groups in total. The van der Waals surface area contributed by atoms with Crippen molar-refractivity contribution in [3.8, 4) is 0 Å². The van der Waals surface area contributed by atoms with Gasteiger partial charge >= 0.3 is 0 Å². The van der Waals surface area contributed by atoms with Crippen LogP contribution in [0.5, 0.6) is 0 Å². The number of carbonyl (C=O) groups excluding carboxylic acids is 1. The van der Waals surface area contributed by atoms with Gasteiger partial charge in [-0.2, -0.15) is 0 Å². The zero-order chi connectivity index (χ0) is 14.4. The Morgan fingerprint density at radius 1 is 1.35 bits per heavy atom. The van der Waals surface area contributed by atoms with Crippen LogP contribution in [0, 0.1) is 0 Å². The van der Waals surface area contributed by atoms with Crippen molar-refractivity contribution in [1.29, 1.82) is 0 Å². The number of nitrogens with one attached hydrogen (secondary N) is 1. The van der Waals surface area contributed by atoms with E-state index in [0.717, 1.165) is 11.4 Å². The van der Waals surface area contributed by atoms with Crippen LogP contribution in [0.4, 0.5) is 5.69 Å². The summed E-state index contributed by atoms with van der Waals surface area (Å²) >= 11 is 0. The molecule has 0 aliphatic rings. The first-order chi connectivity index (χ1) is 9.74. The highest BCUT2D eigenvalue weighted by molar-refractivity contribution is 5.93. The summed E-state index contributed by atoms with van der Waals surface area (Å²) in [5, 5.41) is 3.21. The lowest BCUT2D eigenvalue weighted by molar-refractivity contribution is 0.0767. The number of carbonyl (C=O) groups is 1. The van der Waals surface area contributed by atoms with Crippen molar-refractivity contribution in [2.24, 2.45) is 0 Å². The molecule has 20 heavy (non-hydrogen) atoms. The fourth-order valence-corrected chi connectivity index (χ4v) is 1.93. The van der Waals surface area contributed by atoms with Gasteiger partial charge in [-0.25, -0.2) is 0 Å². The molecule has 2 rings (SSSR count). The maximum atomic E-state index is 12.2. The van der Waals surface area contributed by atoms with E-state index in [2.05, 4.69) is 10.3 Å². The minimum absolute atomic E-state index is 0.0448. The first-order valence-electron chi connectivity index (χ1n) is 6.76. The lowest BCUT2D eigenvalue weighted by Gasteiger charge is -2.18. The van der Waals surface area contributed by atoms with E-state index in [0.29, 0.717) is 25.3 Å². The van der Waals surface area contributed by atoms with Gasteiger partial charge in [0.25, 0.3) is 5.91 Å². The Morgan fingerprint density at radius 3 is 2.80 bits per heavy atom. The van der Waals surface area contributed by atoms with Gasteiger partial charge in [0.2, 0.25) is 0 Å². The predicted molar refractivity (Wildman–Crippen MR) is 77.5 cm³/mol. The molecule has 0 bridgehead atoms. The molecule has 2 heterocycles. The summed E-state index contributed by atoms with van der Waals surface area (Å²) < 4.78 is 5.25. The molecule has 5 heteroatoms. The second-order valence-electron chi connectivity index (χ2n) is 4.34. The molecule has 1 amide bonds. The van der Waals surface area contributed by atoms with E-state index in [9.17, 15) is 4.79 Å². The van der Waals surface area contributed by atoms with Gasteiger partial charge in [0.15, 0.2) is 0 Å². The monoisotopic (exact) mass is 273 g/mol. The number of aromatic nitrogens is 1. The average Bonchev–Trinajstić information content (AvgIpc) is 3.00. The van der Waals surface area contributed by atoms with E-state index >= 15 is 0 Å². The van der Waals surface area contributed by atoms with Crippen LogP contribution in [-0.4, -0.2) is 28.9 Å². The summed E-state index contributed by atoms with van der Waals surface area (Å²) in [6, 6.07) is 7.35. The highest BCUT2D eigenvalue weighted by Gasteiger charge is 2.14. The lowest BCUT2D eigenvalue weighted by Crippen LogP contribution is -2.31. The summed E-state index contributed by atoms with van der Waals surface area (Å²) in [5.74, 6) is 0.801. The van der Waals surface area contributed by atoms with Crippen molar-refractivity contribution in [2.75, 3.05) is 18.4 Å². The van der Waals surface area contributed by atoms with Crippen molar-refractivity contribution < 1.29 is 9.21 Å². The van der Waals surface area contributed by atoms with E-state index in [4.69, 9.17) is 4.42 Å². The molecule has 0 aliphatic carbocycles. The molecule has 0 atom stereocenters. The maximum absolute atomic E-state index is 12.2.